The second kappa shape index (κ2) is 10.5. The minimum atomic E-state index is -4.60. The summed E-state index contributed by atoms with van der Waals surface area (Å²) in [5, 5.41) is 0. The average molecular weight is 448 g/mol. The van der Waals surface area contributed by atoms with Crippen LogP contribution in [0, 0.1) is 6.92 Å². The van der Waals surface area contributed by atoms with Gasteiger partial charge < -0.3 is 14.5 Å². The maximum Gasteiger partial charge on any atom is 0.417 e. The Bertz CT molecular complexity index is 946. The van der Waals surface area contributed by atoms with E-state index in [1.807, 2.05) is 31.2 Å². The summed E-state index contributed by atoms with van der Waals surface area (Å²) in [6.45, 7) is 3.67. The molecule has 2 aromatic carbocycles. The molecule has 5 nitrogen and oxygen atoms in total. The number of ether oxygens (including phenoxy) is 1. The Morgan fingerprint density at radius 2 is 1.59 bits per heavy atom. The van der Waals surface area contributed by atoms with E-state index in [0.29, 0.717) is 45.5 Å². The van der Waals surface area contributed by atoms with E-state index in [-0.39, 0.29) is 18.0 Å². The monoisotopic (exact) mass is 448 g/mol. The summed E-state index contributed by atoms with van der Waals surface area (Å²) in [6.07, 6.45) is -3.20. The quantitative estimate of drug-likeness (QED) is 0.610. The first-order chi connectivity index (χ1) is 15.3. The summed E-state index contributed by atoms with van der Waals surface area (Å²) < 4.78 is 45.5. The van der Waals surface area contributed by atoms with Gasteiger partial charge in [0.05, 0.1) is 17.7 Å². The zero-order valence-corrected chi connectivity index (χ0v) is 18.0. The Morgan fingerprint density at radius 3 is 2.34 bits per heavy atom. The number of nitrogens with zero attached hydrogens (tertiary/aromatic N) is 2. The van der Waals surface area contributed by atoms with Gasteiger partial charge in [0.1, 0.15) is 5.75 Å². The minimum absolute atomic E-state index is 0.0385. The van der Waals surface area contributed by atoms with E-state index in [2.05, 4.69) is 0 Å². The van der Waals surface area contributed by atoms with Crippen molar-refractivity contribution in [3.05, 3.63) is 65.2 Å². The molecule has 0 radical (unpaired) electrons. The third-order valence-corrected chi connectivity index (χ3v) is 5.48. The Kier molecular flexibility index (Phi) is 7.77. The summed E-state index contributed by atoms with van der Waals surface area (Å²) >= 11 is 0. The fourth-order valence-corrected chi connectivity index (χ4v) is 3.74. The molecule has 2 aromatic rings. The number of aryl methyl sites for hydroxylation is 1. The summed E-state index contributed by atoms with van der Waals surface area (Å²) in [4.78, 5) is 28.4. The third kappa shape index (κ3) is 6.02. The van der Waals surface area contributed by atoms with Crippen molar-refractivity contribution in [1.82, 2.24) is 9.80 Å². The number of carbonyl (C=O) groups excluding carboxylic acids is 2. The minimum Gasteiger partial charge on any atom is -0.493 e. The average Bonchev–Trinajstić information content (AvgIpc) is 3.03. The predicted molar refractivity (Wildman–Crippen MR) is 114 cm³/mol. The highest BCUT2D eigenvalue weighted by Crippen LogP contribution is 2.32. The van der Waals surface area contributed by atoms with Gasteiger partial charge in [-0.1, -0.05) is 30.3 Å². The zero-order valence-electron chi connectivity index (χ0n) is 18.0. The fourth-order valence-electron chi connectivity index (χ4n) is 3.74. The number of benzene rings is 2. The van der Waals surface area contributed by atoms with Crippen molar-refractivity contribution in [2.75, 3.05) is 32.8 Å². The highest BCUT2D eigenvalue weighted by molar-refractivity contribution is 5.96. The number of rotatable bonds is 6. The van der Waals surface area contributed by atoms with Gasteiger partial charge in [-0.15, -0.1) is 0 Å². The van der Waals surface area contributed by atoms with Crippen LogP contribution in [-0.2, 0) is 11.0 Å². The second-order valence-electron chi connectivity index (χ2n) is 7.79. The molecule has 0 spiro atoms. The first kappa shape index (κ1) is 23.6. The first-order valence-corrected chi connectivity index (χ1v) is 10.7. The molecule has 0 saturated carbocycles. The van der Waals surface area contributed by atoms with E-state index >= 15 is 0 Å². The normalized spacial score (nSPS) is 14.8. The van der Waals surface area contributed by atoms with Crippen molar-refractivity contribution in [3.8, 4) is 5.75 Å². The molecule has 8 heteroatoms. The standard InChI is InChI=1S/C24H27F3N2O3/c1-18-8-2-5-11-21(18)32-17-6-12-22(30)28-13-7-14-29(16-15-28)23(31)19-9-3-4-10-20(19)24(25,26)27/h2-5,8-11H,6-7,12-17H2,1H3. The predicted octanol–water partition coefficient (Wildman–Crippen LogP) is 4.55. The maximum absolute atomic E-state index is 13.3. The second-order valence-corrected chi connectivity index (χ2v) is 7.79. The van der Waals surface area contributed by atoms with Crippen LogP contribution in [0.3, 0.4) is 0 Å². The van der Waals surface area contributed by atoms with Crippen LogP contribution in [0.5, 0.6) is 5.75 Å². The molecule has 32 heavy (non-hydrogen) atoms. The molecule has 0 bridgehead atoms. The van der Waals surface area contributed by atoms with E-state index in [9.17, 15) is 22.8 Å². The van der Waals surface area contributed by atoms with E-state index in [0.717, 1.165) is 17.4 Å². The highest BCUT2D eigenvalue weighted by Gasteiger charge is 2.36. The van der Waals surface area contributed by atoms with Crippen LogP contribution < -0.4 is 4.74 Å². The van der Waals surface area contributed by atoms with Crippen molar-refractivity contribution >= 4 is 11.8 Å². The fraction of sp³-hybridized carbons (Fsp3) is 0.417. The van der Waals surface area contributed by atoms with Gasteiger partial charge in [-0.3, -0.25) is 9.59 Å². The largest absolute Gasteiger partial charge is 0.493 e. The number of halogens is 3. The lowest BCUT2D eigenvalue weighted by molar-refractivity contribution is -0.138. The zero-order chi connectivity index (χ0) is 23.1. The molecule has 1 saturated heterocycles. The maximum atomic E-state index is 13.3. The molecule has 2 amide bonds. The molecule has 0 unspecified atom stereocenters. The van der Waals surface area contributed by atoms with Gasteiger partial charge >= 0.3 is 6.18 Å². The van der Waals surface area contributed by atoms with Crippen LogP contribution in [0.1, 0.15) is 40.7 Å². The molecule has 1 fully saturated rings. The molecule has 1 heterocycles. The first-order valence-electron chi connectivity index (χ1n) is 10.7. The van der Waals surface area contributed by atoms with Crippen LogP contribution in [0.15, 0.2) is 48.5 Å². The molecule has 1 aliphatic rings. The third-order valence-electron chi connectivity index (χ3n) is 5.48. The van der Waals surface area contributed by atoms with E-state index < -0.39 is 17.6 Å². The van der Waals surface area contributed by atoms with Gasteiger partial charge in [0, 0.05) is 32.6 Å². The molecule has 172 valence electrons. The summed E-state index contributed by atoms with van der Waals surface area (Å²) in [7, 11) is 0. The molecule has 0 atom stereocenters. The highest BCUT2D eigenvalue weighted by atomic mass is 19.4. The Morgan fingerprint density at radius 1 is 0.938 bits per heavy atom. The van der Waals surface area contributed by atoms with Crippen LogP contribution in [0.2, 0.25) is 0 Å². The smallest absolute Gasteiger partial charge is 0.417 e. The van der Waals surface area contributed by atoms with Crippen molar-refractivity contribution in [2.24, 2.45) is 0 Å². The SMILES string of the molecule is Cc1ccccc1OCCCC(=O)N1CCCN(C(=O)c2ccccc2C(F)(F)F)CC1. The van der Waals surface area contributed by atoms with E-state index in [1.54, 1.807) is 4.90 Å². The van der Waals surface area contributed by atoms with E-state index in [4.69, 9.17) is 4.74 Å². The number of amides is 2. The lowest BCUT2D eigenvalue weighted by Gasteiger charge is -2.23. The van der Waals surface area contributed by atoms with Crippen LogP contribution in [0.4, 0.5) is 13.2 Å². The number of para-hydroxylation sites is 1. The van der Waals surface area contributed by atoms with Gasteiger partial charge in [-0.05, 0) is 43.5 Å². The van der Waals surface area contributed by atoms with Crippen LogP contribution >= 0.6 is 0 Å². The summed E-state index contributed by atoms with van der Waals surface area (Å²) in [5.41, 5.74) is -0.257. The van der Waals surface area contributed by atoms with Gasteiger partial charge in [0.25, 0.3) is 5.91 Å². The molecule has 0 aliphatic carbocycles. The lowest BCUT2D eigenvalue weighted by Crippen LogP contribution is -2.38. The van der Waals surface area contributed by atoms with Gasteiger partial charge in [-0.25, -0.2) is 0 Å². The van der Waals surface area contributed by atoms with Crippen molar-refractivity contribution in [2.45, 2.75) is 32.4 Å². The molecule has 0 N–H and O–H groups in total. The van der Waals surface area contributed by atoms with Gasteiger partial charge in [0.2, 0.25) is 5.91 Å². The van der Waals surface area contributed by atoms with Crippen molar-refractivity contribution in [3.63, 3.8) is 0 Å². The Hall–Kier alpha value is -3.03. The van der Waals surface area contributed by atoms with E-state index in [1.165, 1.54) is 23.1 Å². The molecule has 1 aliphatic heterocycles. The number of hydrogen-bond donors (Lipinski definition) is 0. The molecule has 3 rings (SSSR count). The van der Waals surface area contributed by atoms with Crippen LogP contribution in [0.25, 0.3) is 0 Å². The van der Waals surface area contributed by atoms with Crippen LogP contribution in [-0.4, -0.2) is 54.4 Å². The molecule has 0 aromatic heterocycles. The topological polar surface area (TPSA) is 49.9 Å². The number of alkyl halides is 3. The number of carbonyl (C=O) groups is 2. The molecular formula is C24H27F3N2O3. The summed E-state index contributed by atoms with van der Waals surface area (Å²) in [6, 6.07) is 12.5. The Balaban J connectivity index is 1.51. The lowest BCUT2D eigenvalue weighted by atomic mass is 10.1. The van der Waals surface area contributed by atoms with Crippen molar-refractivity contribution < 1.29 is 27.5 Å². The van der Waals surface area contributed by atoms with Gasteiger partial charge in [0.15, 0.2) is 0 Å². The Labute approximate surface area is 185 Å². The van der Waals surface area contributed by atoms with Gasteiger partial charge in [-0.2, -0.15) is 13.2 Å². The molecular weight excluding hydrogens is 421 g/mol. The number of hydrogen-bond acceptors (Lipinski definition) is 3. The summed E-state index contributed by atoms with van der Waals surface area (Å²) in [5.74, 6) is 0.102. The van der Waals surface area contributed by atoms with Crippen molar-refractivity contribution in [1.29, 1.82) is 0 Å².